The number of nitrogens with one attached hydrogen (secondary N) is 2. The van der Waals surface area contributed by atoms with Gasteiger partial charge in [-0.2, -0.15) is 5.10 Å². The number of rotatable bonds is 4. The first-order valence-corrected chi connectivity index (χ1v) is 5.77. The molecule has 0 aliphatic carbocycles. The summed E-state index contributed by atoms with van der Waals surface area (Å²) in [5, 5.41) is 9.67. The van der Waals surface area contributed by atoms with E-state index in [0.29, 0.717) is 25.9 Å². The first-order valence-electron chi connectivity index (χ1n) is 5.77. The summed E-state index contributed by atoms with van der Waals surface area (Å²) in [7, 11) is 0. The number of carbonyl (C=O) groups excluding carboxylic acids is 2. The maximum absolute atomic E-state index is 11.6. The third-order valence-electron chi connectivity index (χ3n) is 2.76. The van der Waals surface area contributed by atoms with Crippen LogP contribution in [0, 0.1) is 0 Å². The molecule has 2 heterocycles. The van der Waals surface area contributed by atoms with Crippen molar-refractivity contribution in [3.8, 4) is 0 Å². The molecule has 1 unspecified atom stereocenters. The molecule has 0 spiro atoms. The summed E-state index contributed by atoms with van der Waals surface area (Å²) in [6.07, 6.45) is 5.14. The Bertz CT molecular complexity index is 378. The lowest BCUT2D eigenvalue weighted by molar-refractivity contribution is -0.125. The highest BCUT2D eigenvalue weighted by Gasteiger charge is 2.19. The third kappa shape index (κ3) is 3.58. The van der Waals surface area contributed by atoms with Gasteiger partial charge < -0.3 is 10.6 Å². The molecule has 17 heavy (non-hydrogen) atoms. The Morgan fingerprint density at radius 2 is 2.53 bits per heavy atom. The van der Waals surface area contributed by atoms with E-state index in [2.05, 4.69) is 15.7 Å². The Hall–Kier alpha value is -1.85. The molecular formula is C11H16N4O2. The van der Waals surface area contributed by atoms with E-state index < -0.39 is 0 Å². The Balaban J connectivity index is 1.68. The average molecular weight is 236 g/mol. The van der Waals surface area contributed by atoms with E-state index in [1.807, 2.05) is 12.3 Å². The van der Waals surface area contributed by atoms with Crippen molar-refractivity contribution >= 4 is 11.8 Å². The molecule has 1 aliphatic rings. The lowest BCUT2D eigenvalue weighted by Crippen LogP contribution is -2.47. The molecule has 1 aromatic heterocycles. The largest absolute Gasteiger partial charge is 0.354 e. The van der Waals surface area contributed by atoms with E-state index >= 15 is 0 Å². The molecular weight excluding hydrogens is 220 g/mol. The number of hydrogen-bond donors (Lipinski definition) is 2. The number of amides is 2. The molecule has 0 radical (unpaired) electrons. The first kappa shape index (κ1) is 11.6. The Labute approximate surface area is 99.4 Å². The molecule has 92 valence electrons. The van der Waals surface area contributed by atoms with Crippen molar-refractivity contribution in [3.63, 3.8) is 0 Å². The van der Waals surface area contributed by atoms with Crippen molar-refractivity contribution < 1.29 is 9.59 Å². The van der Waals surface area contributed by atoms with Crippen LogP contribution in [0.4, 0.5) is 0 Å². The minimum atomic E-state index is 0.00153. The fourth-order valence-corrected chi connectivity index (χ4v) is 1.80. The maximum Gasteiger partial charge on any atom is 0.222 e. The Morgan fingerprint density at radius 3 is 3.18 bits per heavy atom. The lowest BCUT2D eigenvalue weighted by Gasteiger charge is -2.23. The minimum Gasteiger partial charge on any atom is -0.354 e. The lowest BCUT2D eigenvalue weighted by atomic mass is 10.1. The summed E-state index contributed by atoms with van der Waals surface area (Å²) in [5.74, 6) is 0.0636. The van der Waals surface area contributed by atoms with Crippen LogP contribution in [-0.2, 0) is 16.1 Å². The van der Waals surface area contributed by atoms with Crippen LogP contribution >= 0.6 is 0 Å². The normalized spacial score (nSPS) is 19.8. The van der Waals surface area contributed by atoms with Crippen molar-refractivity contribution in [1.82, 2.24) is 20.4 Å². The number of aryl methyl sites for hydroxylation is 1. The molecule has 2 amide bonds. The summed E-state index contributed by atoms with van der Waals surface area (Å²) in [6.45, 7) is 1.12. The van der Waals surface area contributed by atoms with Gasteiger partial charge >= 0.3 is 0 Å². The zero-order valence-corrected chi connectivity index (χ0v) is 9.56. The van der Waals surface area contributed by atoms with E-state index in [1.54, 1.807) is 10.9 Å². The minimum absolute atomic E-state index is 0.00153. The van der Waals surface area contributed by atoms with E-state index in [4.69, 9.17) is 0 Å². The zero-order valence-electron chi connectivity index (χ0n) is 9.56. The van der Waals surface area contributed by atoms with Crippen molar-refractivity contribution in [2.75, 3.05) is 6.54 Å². The number of hydrogen-bond acceptors (Lipinski definition) is 3. The molecule has 1 atom stereocenters. The summed E-state index contributed by atoms with van der Waals surface area (Å²) in [5.41, 5.74) is 0. The summed E-state index contributed by atoms with van der Waals surface area (Å²) in [4.78, 5) is 22.6. The zero-order chi connectivity index (χ0) is 12.1. The highest BCUT2D eigenvalue weighted by atomic mass is 16.2. The summed E-state index contributed by atoms with van der Waals surface area (Å²) >= 11 is 0. The van der Waals surface area contributed by atoms with Crippen LogP contribution < -0.4 is 10.6 Å². The van der Waals surface area contributed by atoms with Gasteiger partial charge in [-0.25, -0.2) is 0 Å². The van der Waals surface area contributed by atoms with Gasteiger partial charge in [-0.3, -0.25) is 14.3 Å². The standard InChI is InChI=1S/C11H16N4O2/c16-10-3-2-9(8-12-10)14-11(17)4-7-15-6-1-5-13-15/h1,5-6,9H,2-4,7-8H2,(H,12,16)(H,14,17). The molecule has 0 saturated carbocycles. The Kier molecular flexibility index (Phi) is 3.74. The van der Waals surface area contributed by atoms with Gasteiger partial charge in [-0.05, 0) is 12.5 Å². The van der Waals surface area contributed by atoms with Crippen molar-refractivity contribution in [2.24, 2.45) is 0 Å². The number of piperidine rings is 1. The van der Waals surface area contributed by atoms with Crippen LogP contribution in [0.15, 0.2) is 18.5 Å². The quantitative estimate of drug-likeness (QED) is 0.751. The van der Waals surface area contributed by atoms with E-state index in [0.717, 1.165) is 6.42 Å². The first-order chi connectivity index (χ1) is 8.24. The van der Waals surface area contributed by atoms with Crippen molar-refractivity contribution in [3.05, 3.63) is 18.5 Å². The molecule has 0 aromatic carbocycles. The van der Waals surface area contributed by atoms with Gasteiger partial charge in [0.2, 0.25) is 11.8 Å². The van der Waals surface area contributed by atoms with E-state index in [-0.39, 0.29) is 17.9 Å². The SMILES string of the molecule is O=C1CCC(NC(=O)CCn2cccn2)CN1. The molecule has 0 bridgehead atoms. The molecule has 2 N–H and O–H groups in total. The number of nitrogens with zero attached hydrogens (tertiary/aromatic N) is 2. The van der Waals surface area contributed by atoms with Crippen LogP contribution in [0.25, 0.3) is 0 Å². The van der Waals surface area contributed by atoms with Crippen LogP contribution in [0.1, 0.15) is 19.3 Å². The number of aromatic nitrogens is 2. The molecule has 6 nitrogen and oxygen atoms in total. The second kappa shape index (κ2) is 5.47. The molecule has 6 heteroatoms. The van der Waals surface area contributed by atoms with Crippen LogP contribution in [-0.4, -0.2) is 34.2 Å². The van der Waals surface area contributed by atoms with Crippen LogP contribution in [0.2, 0.25) is 0 Å². The van der Waals surface area contributed by atoms with Gasteiger partial charge in [0.05, 0.1) is 0 Å². The third-order valence-corrected chi connectivity index (χ3v) is 2.76. The highest BCUT2D eigenvalue weighted by Crippen LogP contribution is 2.03. The van der Waals surface area contributed by atoms with E-state index in [9.17, 15) is 9.59 Å². The van der Waals surface area contributed by atoms with Gasteiger partial charge in [0, 0.05) is 44.4 Å². The van der Waals surface area contributed by atoms with Crippen molar-refractivity contribution in [2.45, 2.75) is 31.8 Å². The van der Waals surface area contributed by atoms with Gasteiger partial charge in [-0.1, -0.05) is 0 Å². The molecule has 1 fully saturated rings. The van der Waals surface area contributed by atoms with Crippen LogP contribution in [0.5, 0.6) is 0 Å². The Morgan fingerprint density at radius 1 is 1.65 bits per heavy atom. The second-order valence-corrected chi connectivity index (χ2v) is 4.13. The predicted molar refractivity (Wildman–Crippen MR) is 61.0 cm³/mol. The fourth-order valence-electron chi connectivity index (χ4n) is 1.80. The number of carbonyl (C=O) groups is 2. The van der Waals surface area contributed by atoms with Gasteiger partial charge in [0.1, 0.15) is 0 Å². The monoisotopic (exact) mass is 236 g/mol. The van der Waals surface area contributed by atoms with Crippen LogP contribution in [0.3, 0.4) is 0 Å². The summed E-state index contributed by atoms with van der Waals surface area (Å²) in [6, 6.07) is 1.90. The fraction of sp³-hybridized carbons (Fsp3) is 0.545. The maximum atomic E-state index is 11.6. The molecule has 1 aromatic rings. The smallest absolute Gasteiger partial charge is 0.222 e. The van der Waals surface area contributed by atoms with Gasteiger partial charge in [0.15, 0.2) is 0 Å². The molecule has 1 saturated heterocycles. The van der Waals surface area contributed by atoms with E-state index in [1.165, 1.54) is 0 Å². The van der Waals surface area contributed by atoms with Gasteiger partial charge in [-0.15, -0.1) is 0 Å². The molecule has 1 aliphatic heterocycles. The molecule has 2 rings (SSSR count). The second-order valence-electron chi connectivity index (χ2n) is 4.13. The van der Waals surface area contributed by atoms with Gasteiger partial charge in [0.25, 0.3) is 0 Å². The highest BCUT2D eigenvalue weighted by molar-refractivity contribution is 5.78. The predicted octanol–water partition coefficient (Wildman–Crippen LogP) is -0.332. The average Bonchev–Trinajstić information content (AvgIpc) is 2.83. The topological polar surface area (TPSA) is 76.0 Å². The summed E-state index contributed by atoms with van der Waals surface area (Å²) < 4.78 is 1.72. The van der Waals surface area contributed by atoms with Crippen molar-refractivity contribution in [1.29, 1.82) is 0 Å².